The zero-order valence-corrected chi connectivity index (χ0v) is 15.1. The number of guanidine groups is 1. The smallest absolute Gasteiger partial charge is 0.209 e. The van der Waals surface area contributed by atoms with Crippen LogP contribution >= 0.6 is 0 Å². The molecule has 2 N–H and O–H groups in total. The second-order valence-corrected chi connectivity index (χ2v) is 7.67. The van der Waals surface area contributed by atoms with Gasteiger partial charge >= 0.3 is 0 Å². The van der Waals surface area contributed by atoms with E-state index in [0.717, 1.165) is 11.5 Å². The van der Waals surface area contributed by atoms with Gasteiger partial charge in [-0.25, -0.2) is 9.38 Å². The fourth-order valence-electron chi connectivity index (χ4n) is 3.35. The summed E-state index contributed by atoms with van der Waals surface area (Å²) >= 11 is 0. The summed E-state index contributed by atoms with van der Waals surface area (Å²) in [5.74, 6) is -0.119. The molecule has 2 rings (SSSR count). The normalized spacial score (nSPS) is 23.4. The van der Waals surface area contributed by atoms with Crippen LogP contribution in [0.2, 0.25) is 0 Å². The van der Waals surface area contributed by atoms with Gasteiger partial charge in [-0.15, -0.1) is 10.3 Å². The number of anilines is 1. The van der Waals surface area contributed by atoms with Gasteiger partial charge in [0.2, 0.25) is 5.96 Å². The van der Waals surface area contributed by atoms with E-state index in [9.17, 15) is 9.60 Å². The maximum atomic E-state index is 13.3. The fraction of sp³-hybridized carbons (Fsp3) is 0.556. The molecule has 1 aromatic carbocycles. The summed E-state index contributed by atoms with van der Waals surface area (Å²) in [6.45, 7) is 7.69. The first-order chi connectivity index (χ1) is 11.6. The van der Waals surface area contributed by atoms with Crippen molar-refractivity contribution >= 4 is 11.6 Å². The molecule has 0 amide bonds. The van der Waals surface area contributed by atoms with Crippen LogP contribution in [0.5, 0.6) is 0 Å². The number of nitrogens with one attached hydrogen (secondary N) is 2. The second kappa shape index (κ2) is 7.38. The molecule has 1 aliphatic heterocycles. The average molecular weight is 346 g/mol. The largest absolute Gasteiger partial charge is 0.325 e. The zero-order chi connectivity index (χ0) is 18.7. The van der Waals surface area contributed by atoms with Crippen LogP contribution in [0.4, 0.5) is 10.1 Å². The van der Waals surface area contributed by atoms with E-state index >= 15 is 0 Å². The van der Waals surface area contributed by atoms with Crippen LogP contribution in [0.3, 0.4) is 0 Å². The molecule has 0 aliphatic carbocycles. The minimum atomic E-state index is -0.565. The van der Waals surface area contributed by atoms with Gasteiger partial charge in [0.25, 0.3) is 0 Å². The Hall–Kier alpha value is -2.17. The van der Waals surface area contributed by atoms with Crippen LogP contribution in [0.15, 0.2) is 29.3 Å². The summed E-state index contributed by atoms with van der Waals surface area (Å²) in [4.78, 5) is 4.59. The van der Waals surface area contributed by atoms with Crippen molar-refractivity contribution in [2.75, 3.05) is 5.32 Å². The minimum Gasteiger partial charge on any atom is -0.325 e. The van der Waals surface area contributed by atoms with Crippen molar-refractivity contribution in [1.29, 1.82) is 5.26 Å². The van der Waals surface area contributed by atoms with E-state index in [2.05, 4.69) is 15.6 Å². The molecule has 1 aromatic rings. The van der Waals surface area contributed by atoms with E-state index in [1.165, 1.54) is 12.1 Å². The van der Waals surface area contributed by atoms with Gasteiger partial charge in [0.1, 0.15) is 5.82 Å². The van der Waals surface area contributed by atoms with Gasteiger partial charge in [-0.3, -0.25) is 5.32 Å². The minimum absolute atomic E-state index is 0.120. The van der Waals surface area contributed by atoms with Gasteiger partial charge in [-0.2, -0.15) is 5.26 Å². The van der Waals surface area contributed by atoms with Crippen molar-refractivity contribution in [1.82, 2.24) is 10.4 Å². The van der Waals surface area contributed by atoms with Crippen molar-refractivity contribution in [3.8, 4) is 6.19 Å². The van der Waals surface area contributed by atoms with Gasteiger partial charge in [0.15, 0.2) is 6.19 Å². The molecule has 1 unspecified atom stereocenters. The van der Waals surface area contributed by atoms with E-state index in [4.69, 9.17) is 5.26 Å². The van der Waals surface area contributed by atoms with E-state index in [0.29, 0.717) is 18.5 Å². The Morgan fingerprint density at radius 1 is 1.36 bits per heavy atom. The average Bonchev–Trinajstić information content (AvgIpc) is 2.58. The molecule has 1 aliphatic rings. The van der Waals surface area contributed by atoms with Crippen LogP contribution in [0.1, 0.15) is 47.0 Å². The highest BCUT2D eigenvalue weighted by Crippen LogP contribution is 2.36. The summed E-state index contributed by atoms with van der Waals surface area (Å²) < 4.78 is 13.3. The number of rotatable bonds is 2. The SMILES string of the molecule is CC1(C)CCC(N=C(NC#N)Nc2cccc(F)c2)CC(C)(C)N1[O]. The van der Waals surface area contributed by atoms with Gasteiger partial charge in [-0.1, -0.05) is 6.07 Å². The molecule has 1 saturated heterocycles. The maximum absolute atomic E-state index is 13.3. The van der Waals surface area contributed by atoms with E-state index in [-0.39, 0.29) is 17.8 Å². The van der Waals surface area contributed by atoms with Crippen LogP contribution in [-0.2, 0) is 5.21 Å². The Bertz CT molecular complexity index is 680. The number of hydrogen-bond donors (Lipinski definition) is 2. The molecule has 1 radical (unpaired) electrons. The second-order valence-electron chi connectivity index (χ2n) is 7.67. The third-order valence-electron chi connectivity index (χ3n) is 4.50. The topological polar surface area (TPSA) is 83.3 Å². The lowest BCUT2D eigenvalue weighted by atomic mass is 9.94. The van der Waals surface area contributed by atoms with Crippen LogP contribution in [0.25, 0.3) is 0 Å². The summed E-state index contributed by atoms with van der Waals surface area (Å²) in [7, 11) is 0. The van der Waals surface area contributed by atoms with Gasteiger partial charge in [-0.05, 0) is 65.2 Å². The van der Waals surface area contributed by atoms with Crippen molar-refractivity contribution in [3.05, 3.63) is 30.1 Å². The first kappa shape index (κ1) is 19.2. The number of benzene rings is 1. The lowest BCUT2D eigenvalue weighted by Crippen LogP contribution is -2.51. The number of nitrogens with zero attached hydrogens (tertiary/aromatic N) is 3. The van der Waals surface area contributed by atoms with Crippen molar-refractivity contribution < 1.29 is 9.60 Å². The van der Waals surface area contributed by atoms with Crippen molar-refractivity contribution in [3.63, 3.8) is 0 Å². The molecule has 135 valence electrons. The Morgan fingerprint density at radius 3 is 2.72 bits per heavy atom. The highest BCUT2D eigenvalue weighted by molar-refractivity contribution is 5.94. The third kappa shape index (κ3) is 4.91. The summed E-state index contributed by atoms with van der Waals surface area (Å²) in [6, 6.07) is 5.82. The summed E-state index contributed by atoms with van der Waals surface area (Å²) in [5.41, 5.74) is -0.530. The Morgan fingerprint density at radius 2 is 2.08 bits per heavy atom. The van der Waals surface area contributed by atoms with E-state index in [1.807, 2.05) is 33.9 Å². The van der Waals surface area contributed by atoms with Gasteiger partial charge < -0.3 is 5.32 Å². The lowest BCUT2D eigenvalue weighted by Gasteiger charge is -2.39. The highest BCUT2D eigenvalue weighted by atomic mass is 19.1. The van der Waals surface area contributed by atoms with Crippen molar-refractivity contribution in [2.45, 2.75) is 64.1 Å². The zero-order valence-electron chi connectivity index (χ0n) is 15.1. The number of hydrogen-bond acceptors (Lipinski definition) is 3. The lowest BCUT2D eigenvalue weighted by molar-refractivity contribution is -0.269. The number of nitriles is 1. The van der Waals surface area contributed by atoms with E-state index < -0.39 is 11.1 Å². The fourth-order valence-corrected chi connectivity index (χ4v) is 3.35. The maximum Gasteiger partial charge on any atom is 0.209 e. The van der Waals surface area contributed by atoms with Crippen molar-refractivity contribution in [2.24, 2.45) is 4.99 Å². The Kier molecular flexibility index (Phi) is 5.65. The molecule has 0 spiro atoms. The standard InChI is InChI=1S/C18H25FN5O/c1-17(2)9-8-15(11-18(3,4)24(17)25)23-16(21-12-20)22-14-7-5-6-13(19)10-14/h5-7,10,15H,8-9,11H2,1-4H3,(H2,21,22,23). The first-order valence-corrected chi connectivity index (χ1v) is 8.37. The molecule has 1 heterocycles. The molecule has 0 aromatic heterocycles. The van der Waals surface area contributed by atoms with Crippen LogP contribution in [0, 0.1) is 17.3 Å². The molecule has 6 nitrogen and oxygen atoms in total. The first-order valence-electron chi connectivity index (χ1n) is 8.37. The monoisotopic (exact) mass is 346 g/mol. The summed E-state index contributed by atoms with van der Waals surface area (Å²) in [6.07, 6.45) is 3.85. The Labute approximate surface area is 148 Å². The summed E-state index contributed by atoms with van der Waals surface area (Å²) in [5, 5.41) is 28.2. The molecule has 0 saturated carbocycles. The van der Waals surface area contributed by atoms with Gasteiger partial charge in [0, 0.05) is 16.8 Å². The predicted molar refractivity (Wildman–Crippen MR) is 94.5 cm³/mol. The number of halogens is 1. The molecule has 1 fully saturated rings. The quantitative estimate of drug-likeness (QED) is 0.372. The molecule has 0 bridgehead atoms. The molecule has 25 heavy (non-hydrogen) atoms. The van der Waals surface area contributed by atoms with E-state index in [1.54, 1.807) is 12.1 Å². The molecule has 7 heteroatoms. The van der Waals surface area contributed by atoms with Crippen LogP contribution in [-0.4, -0.2) is 28.1 Å². The molecule has 1 atom stereocenters. The van der Waals surface area contributed by atoms with Crippen LogP contribution < -0.4 is 10.6 Å². The number of hydroxylamine groups is 2. The molecular formula is C18H25FN5O. The predicted octanol–water partition coefficient (Wildman–Crippen LogP) is 3.42. The Balaban J connectivity index is 2.23. The number of aliphatic imine (C=N–C) groups is 1. The third-order valence-corrected chi connectivity index (χ3v) is 4.50. The highest BCUT2D eigenvalue weighted by Gasteiger charge is 2.43. The molecular weight excluding hydrogens is 321 g/mol. The van der Waals surface area contributed by atoms with Gasteiger partial charge in [0.05, 0.1) is 6.04 Å².